The molecule has 2 atom stereocenters. The number of ether oxygens (including phenoxy) is 1. The molecule has 0 saturated heterocycles. The number of halogens is 1. The zero-order valence-electron chi connectivity index (χ0n) is 16.0. The molecule has 3 N–H and O–H groups in total. The molecule has 1 aromatic rings. The molecule has 1 amide bonds. The number of methoxy groups -OCH3 is 1. The Bertz CT molecular complexity index is 761. The molecule has 27 heavy (non-hydrogen) atoms. The molecule has 1 fully saturated rings. The number of hydrazine groups is 1. The van der Waals surface area contributed by atoms with E-state index < -0.39 is 15.9 Å². The van der Waals surface area contributed by atoms with Gasteiger partial charge in [0, 0.05) is 32.8 Å². The van der Waals surface area contributed by atoms with Gasteiger partial charge in [0.2, 0.25) is 10.0 Å². The summed E-state index contributed by atoms with van der Waals surface area (Å²) in [5, 5.41) is 0. The Morgan fingerprint density at radius 3 is 2.48 bits per heavy atom. The van der Waals surface area contributed by atoms with Gasteiger partial charge in [0.15, 0.2) is 0 Å². The van der Waals surface area contributed by atoms with Gasteiger partial charge < -0.3 is 9.64 Å². The number of rotatable bonds is 9. The first kappa shape index (κ1) is 23.4. The van der Waals surface area contributed by atoms with Gasteiger partial charge >= 0.3 is 0 Å². The number of aromatic nitrogens is 1. The summed E-state index contributed by atoms with van der Waals surface area (Å²) in [7, 11) is -0.505. The normalized spacial score (nSPS) is 18.4. The minimum Gasteiger partial charge on any atom is -0.383 e. The van der Waals surface area contributed by atoms with Crippen LogP contribution in [0.15, 0.2) is 12.1 Å². The second-order valence-corrected chi connectivity index (χ2v) is 8.70. The van der Waals surface area contributed by atoms with Crippen molar-refractivity contribution in [3.8, 4) is 0 Å². The summed E-state index contributed by atoms with van der Waals surface area (Å²) < 4.78 is 30.0. The van der Waals surface area contributed by atoms with Gasteiger partial charge in [-0.2, -0.15) is 0 Å². The highest BCUT2D eigenvalue weighted by atomic mass is 35.5. The van der Waals surface area contributed by atoms with Crippen LogP contribution in [0, 0.1) is 11.8 Å². The van der Waals surface area contributed by atoms with Crippen molar-refractivity contribution in [2.24, 2.45) is 17.7 Å². The summed E-state index contributed by atoms with van der Waals surface area (Å²) in [4.78, 5) is 18.5. The molecule has 0 spiro atoms. The van der Waals surface area contributed by atoms with Crippen LogP contribution in [0.1, 0.15) is 23.7 Å². The molecular formula is C16H28ClN5O4S. The fourth-order valence-corrected chi connectivity index (χ4v) is 3.08. The van der Waals surface area contributed by atoms with Crippen molar-refractivity contribution in [1.82, 2.24) is 10.4 Å². The quantitative estimate of drug-likeness (QED) is 0.340. The first-order valence-electron chi connectivity index (χ1n) is 8.38. The summed E-state index contributed by atoms with van der Waals surface area (Å²) in [6.07, 6.45) is 2.22. The third kappa shape index (κ3) is 6.20. The van der Waals surface area contributed by atoms with E-state index in [0.29, 0.717) is 30.8 Å². The van der Waals surface area contributed by atoms with E-state index in [0.717, 1.165) is 23.5 Å². The van der Waals surface area contributed by atoms with Gasteiger partial charge in [-0.25, -0.2) is 19.2 Å². The number of nitrogens with two attached hydrogens (primary N) is 1. The van der Waals surface area contributed by atoms with E-state index in [-0.39, 0.29) is 23.8 Å². The molecule has 1 heterocycles. The van der Waals surface area contributed by atoms with E-state index in [2.05, 4.69) is 17.3 Å². The Morgan fingerprint density at radius 2 is 2.00 bits per heavy atom. The molecule has 0 bridgehead atoms. The molecule has 1 saturated carbocycles. The van der Waals surface area contributed by atoms with Crippen molar-refractivity contribution in [3.63, 3.8) is 0 Å². The molecule has 0 radical (unpaired) electrons. The molecule has 1 aliphatic carbocycles. The van der Waals surface area contributed by atoms with E-state index in [1.54, 1.807) is 13.2 Å². The van der Waals surface area contributed by atoms with Gasteiger partial charge in [-0.05, 0) is 30.4 Å². The fourth-order valence-electron chi connectivity index (χ4n) is 2.65. The number of hydrogen-bond acceptors (Lipinski definition) is 7. The van der Waals surface area contributed by atoms with Crippen LogP contribution in [0.25, 0.3) is 0 Å². The Kier molecular flexibility index (Phi) is 8.27. The average Bonchev–Trinajstić information content (AvgIpc) is 3.30. The van der Waals surface area contributed by atoms with E-state index in [9.17, 15) is 13.2 Å². The van der Waals surface area contributed by atoms with Crippen LogP contribution in [-0.2, 0) is 14.8 Å². The molecule has 9 nitrogen and oxygen atoms in total. The summed E-state index contributed by atoms with van der Waals surface area (Å²) >= 11 is 0. The molecule has 0 aliphatic heterocycles. The lowest BCUT2D eigenvalue weighted by molar-refractivity contribution is 0.0953. The molecule has 1 aliphatic rings. The second kappa shape index (κ2) is 9.54. The summed E-state index contributed by atoms with van der Waals surface area (Å²) in [5.74, 6) is 6.62. The van der Waals surface area contributed by atoms with Crippen LogP contribution in [0.3, 0.4) is 0 Å². The maximum absolute atomic E-state index is 12.0. The highest BCUT2D eigenvalue weighted by Crippen LogP contribution is 2.39. The zero-order chi connectivity index (χ0) is 19.5. The first-order chi connectivity index (χ1) is 12.2. The lowest BCUT2D eigenvalue weighted by Crippen LogP contribution is -2.34. The number of anilines is 2. The van der Waals surface area contributed by atoms with Gasteiger partial charge in [-0.3, -0.25) is 14.5 Å². The molecule has 2 unspecified atom stereocenters. The summed E-state index contributed by atoms with van der Waals surface area (Å²) in [5.41, 5.74) is 2.32. The smallest absolute Gasteiger partial charge is 0.265 e. The minimum absolute atomic E-state index is 0. The van der Waals surface area contributed by atoms with E-state index in [1.165, 1.54) is 13.1 Å². The van der Waals surface area contributed by atoms with E-state index >= 15 is 0 Å². The Hall–Kier alpha value is -1.62. The maximum Gasteiger partial charge on any atom is 0.265 e. The Labute approximate surface area is 166 Å². The average molecular weight is 422 g/mol. The number of carbonyl (C=O) groups is 1. The number of carbonyl (C=O) groups excluding carboxylic acids is 1. The molecule has 154 valence electrons. The topological polar surface area (TPSA) is 118 Å². The van der Waals surface area contributed by atoms with Crippen molar-refractivity contribution < 1.29 is 17.9 Å². The van der Waals surface area contributed by atoms with Gasteiger partial charge in [0.25, 0.3) is 5.91 Å². The second-order valence-electron chi connectivity index (χ2n) is 6.69. The molecule has 1 aromatic heterocycles. The number of nitrogen functional groups attached to an aromatic ring is 1. The SMILES string of the molecule is COCCN(CC1CC1C)c1cc(C(=O)NN)cc(N(C)S(C)(=O)=O)n1.Cl. The standard InChI is InChI=1S/C16H27N5O4S.ClH/c1-11-7-13(11)10-21(5-6-25-3)15-9-12(16(22)19-17)8-14(18-15)20(2)26(4,23)24;/h8-9,11,13H,5-7,10,17H2,1-4H3,(H,19,22);1H. The highest BCUT2D eigenvalue weighted by Gasteiger charge is 2.34. The monoisotopic (exact) mass is 421 g/mol. The fraction of sp³-hybridized carbons (Fsp3) is 0.625. The number of nitrogens with zero attached hydrogens (tertiary/aromatic N) is 3. The predicted octanol–water partition coefficient (Wildman–Crippen LogP) is 0.612. The minimum atomic E-state index is -3.52. The van der Waals surface area contributed by atoms with Crippen molar-refractivity contribution in [3.05, 3.63) is 17.7 Å². The van der Waals surface area contributed by atoms with Crippen molar-refractivity contribution in [1.29, 1.82) is 0 Å². The van der Waals surface area contributed by atoms with Crippen molar-refractivity contribution in [2.75, 3.05) is 49.3 Å². The van der Waals surface area contributed by atoms with Crippen LogP contribution >= 0.6 is 12.4 Å². The Morgan fingerprint density at radius 1 is 1.41 bits per heavy atom. The molecule has 11 heteroatoms. The molecule has 2 rings (SSSR count). The van der Waals surface area contributed by atoms with Gasteiger partial charge in [0.05, 0.1) is 12.9 Å². The first-order valence-corrected chi connectivity index (χ1v) is 10.2. The highest BCUT2D eigenvalue weighted by molar-refractivity contribution is 7.92. The van der Waals surface area contributed by atoms with Crippen LogP contribution in [0.2, 0.25) is 0 Å². The van der Waals surface area contributed by atoms with Crippen LogP contribution in [0.5, 0.6) is 0 Å². The third-order valence-electron chi connectivity index (χ3n) is 4.63. The summed E-state index contributed by atoms with van der Waals surface area (Å²) in [6.45, 7) is 4.04. The number of pyridine rings is 1. The van der Waals surface area contributed by atoms with Crippen LogP contribution < -0.4 is 20.5 Å². The van der Waals surface area contributed by atoms with Crippen molar-refractivity contribution in [2.45, 2.75) is 13.3 Å². The van der Waals surface area contributed by atoms with Gasteiger partial charge in [-0.1, -0.05) is 6.92 Å². The lowest BCUT2D eigenvalue weighted by atomic mass is 10.2. The largest absolute Gasteiger partial charge is 0.383 e. The third-order valence-corrected chi connectivity index (χ3v) is 5.81. The predicted molar refractivity (Wildman–Crippen MR) is 108 cm³/mol. The Balaban J connectivity index is 0.00000364. The lowest BCUT2D eigenvalue weighted by Gasteiger charge is -2.26. The summed E-state index contributed by atoms with van der Waals surface area (Å²) in [6, 6.07) is 3.02. The zero-order valence-corrected chi connectivity index (χ0v) is 17.6. The van der Waals surface area contributed by atoms with E-state index in [4.69, 9.17) is 10.6 Å². The van der Waals surface area contributed by atoms with E-state index in [1.807, 2.05) is 4.90 Å². The molecular weight excluding hydrogens is 394 g/mol. The molecule has 0 aromatic carbocycles. The number of amides is 1. The maximum atomic E-state index is 12.0. The van der Waals surface area contributed by atoms with Crippen molar-refractivity contribution >= 4 is 40.0 Å². The van der Waals surface area contributed by atoms with Crippen LogP contribution in [-0.4, -0.2) is 59.4 Å². The number of hydrogen-bond donors (Lipinski definition) is 2. The van der Waals surface area contributed by atoms with Gasteiger partial charge in [-0.15, -0.1) is 12.4 Å². The van der Waals surface area contributed by atoms with Crippen LogP contribution in [0.4, 0.5) is 11.6 Å². The van der Waals surface area contributed by atoms with Gasteiger partial charge in [0.1, 0.15) is 11.6 Å². The number of nitrogens with one attached hydrogen (secondary N) is 1. The number of sulfonamides is 1.